The Morgan fingerprint density at radius 1 is 0.689 bits per heavy atom. The van der Waals surface area contributed by atoms with Crippen LogP contribution < -0.4 is 54.4 Å². The number of H-pyrrole nitrogens is 2. The first kappa shape index (κ1) is 55.2. The minimum absolute atomic E-state index is 0.0343. The smallest absolute Gasteiger partial charge is 0.325 e. The molecule has 0 spiro atoms. The summed E-state index contributed by atoms with van der Waals surface area (Å²) in [6, 6.07) is 4.32. The van der Waals surface area contributed by atoms with Gasteiger partial charge in [0.05, 0.1) is 12.9 Å². The van der Waals surface area contributed by atoms with Gasteiger partial charge < -0.3 is 69.5 Å². The Balaban J connectivity index is 1.41. The number of aromatic nitrogens is 3. The van der Waals surface area contributed by atoms with Crippen LogP contribution in [0.4, 0.5) is 4.79 Å². The number of carbonyl (C=O) groups is 10. The number of carbonyl (C=O) groups excluding carboxylic acids is 9. The average molecular weight is 1060 g/mol. The van der Waals surface area contributed by atoms with Gasteiger partial charge >= 0.3 is 12.0 Å². The minimum atomic E-state index is -1.67. The van der Waals surface area contributed by atoms with Crippen LogP contribution in [0.2, 0.25) is 0 Å². The molecule has 0 radical (unpaired) electrons. The number of imide groups is 1. The van der Waals surface area contributed by atoms with E-state index in [-0.39, 0.29) is 56.1 Å². The van der Waals surface area contributed by atoms with Crippen molar-refractivity contribution in [2.45, 2.75) is 87.2 Å². The topological polar surface area (TPSA) is 413 Å². The van der Waals surface area contributed by atoms with Crippen LogP contribution in [0.3, 0.4) is 0 Å². The van der Waals surface area contributed by atoms with Crippen molar-refractivity contribution in [3.05, 3.63) is 90.1 Å². The Labute approximate surface area is 430 Å². The molecule has 28 heteroatoms. The van der Waals surface area contributed by atoms with Crippen LogP contribution in [-0.4, -0.2) is 157 Å². The fourth-order valence-electron chi connectivity index (χ4n) is 7.99. The lowest BCUT2D eigenvalue weighted by molar-refractivity contribution is -0.139. The lowest BCUT2D eigenvalue weighted by Gasteiger charge is -2.28. The van der Waals surface area contributed by atoms with E-state index in [0.29, 0.717) is 21.7 Å². The monoisotopic (exact) mass is 1060 g/mol. The molecule has 0 aliphatic carbocycles. The zero-order valence-corrected chi connectivity index (χ0v) is 41.3. The van der Waals surface area contributed by atoms with E-state index in [0.717, 1.165) is 32.5 Å². The molecule has 2 aromatic carbocycles. The molecule has 2 unspecified atom stereocenters. The second-order valence-corrected chi connectivity index (χ2v) is 19.7. The molecule has 6 rings (SSSR count). The number of guanidine groups is 1. The van der Waals surface area contributed by atoms with E-state index in [2.05, 4.69) is 57.2 Å². The number of nitrogens with two attached hydrogens (primary N) is 3. The molecule has 2 aliphatic heterocycles. The maximum Gasteiger partial charge on any atom is 0.325 e. The van der Waals surface area contributed by atoms with Crippen molar-refractivity contribution < 1.29 is 53.1 Å². The highest BCUT2D eigenvalue weighted by Gasteiger charge is 2.41. The highest BCUT2D eigenvalue weighted by molar-refractivity contribution is 8.76. The molecule has 4 aromatic rings. The second-order valence-electron chi connectivity index (χ2n) is 17.2. The van der Waals surface area contributed by atoms with Gasteiger partial charge in [0.15, 0.2) is 5.96 Å². The fraction of sp³-hybridized carbons (Fsp3) is 0.391. The van der Waals surface area contributed by atoms with Gasteiger partial charge in [-0.1, -0.05) is 70.1 Å². The van der Waals surface area contributed by atoms with E-state index in [1.165, 1.54) is 12.5 Å². The lowest BCUT2D eigenvalue weighted by atomic mass is 10.0. The number of nitrogens with one attached hydrogen (secondary N) is 9. The number of primary amides is 1. The minimum Gasteiger partial charge on any atom is -0.481 e. The van der Waals surface area contributed by atoms with Gasteiger partial charge in [-0.3, -0.25) is 48.1 Å². The predicted octanol–water partition coefficient (Wildman–Crippen LogP) is -2.45. The number of aromatic amines is 2. The van der Waals surface area contributed by atoms with Crippen LogP contribution in [0.15, 0.2) is 78.3 Å². The van der Waals surface area contributed by atoms with Gasteiger partial charge in [-0.05, 0) is 36.5 Å². The first-order valence-corrected chi connectivity index (χ1v) is 25.7. The molecule has 2 aliphatic rings. The summed E-state index contributed by atoms with van der Waals surface area (Å²) in [5, 5.41) is 28.5. The molecule has 10 amide bonds. The quantitative estimate of drug-likeness (QED) is 0.0193. The highest BCUT2D eigenvalue weighted by Crippen LogP contribution is 2.26. The van der Waals surface area contributed by atoms with E-state index in [1.54, 1.807) is 54.7 Å². The average Bonchev–Trinajstić information content (AvgIpc) is 4.12. The molecule has 0 bridgehead atoms. The predicted molar refractivity (Wildman–Crippen MR) is 271 cm³/mol. The number of urea groups is 1. The molecule has 4 heterocycles. The summed E-state index contributed by atoms with van der Waals surface area (Å²) in [5.74, 6) is -9.49. The molecular weight excluding hydrogens is 1000 g/mol. The Morgan fingerprint density at radius 3 is 1.92 bits per heavy atom. The number of hydrogen-bond acceptors (Lipinski definition) is 14. The first-order valence-electron chi connectivity index (χ1n) is 23.3. The van der Waals surface area contributed by atoms with Crippen molar-refractivity contribution in [2.24, 2.45) is 22.2 Å². The van der Waals surface area contributed by atoms with Gasteiger partial charge in [-0.15, -0.1) is 0 Å². The van der Waals surface area contributed by atoms with Crippen molar-refractivity contribution in [3.8, 4) is 0 Å². The van der Waals surface area contributed by atoms with E-state index in [4.69, 9.17) is 17.2 Å². The number of nitrogens with zero attached hydrogens (tertiary/aromatic N) is 3. The number of fused-ring (bicyclic) bond motifs is 1. The van der Waals surface area contributed by atoms with Crippen molar-refractivity contribution in [1.82, 2.24) is 57.1 Å². The number of rotatable bonds is 15. The maximum atomic E-state index is 14.6. The number of amides is 10. The third-order valence-corrected chi connectivity index (χ3v) is 14.2. The van der Waals surface area contributed by atoms with Gasteiger partial charge in [0, 0.05) is 72.7 Å². The number of aliphatic carboxylic acids is 1. The summed E-state index contributed by atoms with van der Waals surface area (Å²) in [4.78, 5) is 152. The van der Waals surface area contributed by atoms with Gasteiger partial charge in [-0.2, -0.15) is 0 Å². The summed E-state index contributed by atoms with van der Waals surface area (Å²) in [5.41, 5.74) is 19.2. The van der Waals surface area contributed by atoms with Crippen LogP contribution in [0, 0.1) is 0 Å². The number of benzene rings is 2. The summed E-state index contributed by atoms with van der Waals surface area (Å²) in [6.07, 6.45) is 2.68. The van der Waals surface area contributed by atoms with E-state index in [1.807, 2.05) is 6.07 Å². The Hall–Kier alpha value is -8.14. The first-order chi connectivity index (χ1) is 35.5. The molecule has 2 saturated heterocycles. The van der Waals surface area contributed by atoms with Crippen LogP contribution in [0.25, 0.3) is 10.9 Å². The van der Waals surface area contributed by atoms with Crippen molar-refractivity contribution in [3.63, 3.8) is 0 Å². The standard InChI is InChI=1S/C46H57N15O11S2/c47-38(65)34-21-73-74-22-35(61-36(62)20-53-46(61)72)44(71)56-30(12-13-37(63)64)40(67)59-33(17-26-19-50-23-54-26)43(70)57-31(15-24-7-2-1-3-8-24)41(68)55-29(11-6-14-51-45(48)49)39(66)58-32(42(69)60-34)16-25-18-52-28-10-5-4-9-27(25)28/h1-5,7-10,18-19,23,29-35,52H,6,11-17,20-22H2,(H2,47,65)(H,50,54)(H,53,72)(H,55,68)(H,56,71)(H,57,70)(H,58,66)(H,59,67)(H,60,69)(H,63,64)(H4,48,49,51)/t29-,30?,31+,32?,33-,34-,35-/m0/s1. The van der Waals surface area contributed by atoms with Crippen LogP contribution >= 0.6 is 21.6 Å². The molecule has 394 valence electrons. The Kier molecular flexibility index (Phi) is 19.8. The molecular formula is C46H57N15O11S2. The van der Waals surface area contributed by atoms with Gasteiger partial charge in [-0.25, -0.2) is 14.7 Å². The third kappa shape index (κ3) is 15.7. The summed E-state index contributed by atoms with van der Waals surface area (Å²) < 4.78 is 0. The zero-order chi connectivity index (χ0) is 53.3. The van der Waals surface area contributed by atoms with Crippen molar-refractivity contribution in [1.29, 1.82) is 0 Å². The van der Waals surface area contributed by atoms with Crippen LogP contribution in [0.5, 0.6) is 0 Å². The fourth-order valence-corrected chi connectivity index (χ4v) is 10.4. The number of aliphatic imine (C=N–C) groups is 1. The largest absolute Gasteiger partial charge is 0.481 e. The molecule has 16 N–H and O–H groups in total. The van der Waals surface area contributed by atoms with Crippen molar-refractivity contribution >= 4 is 97.7 Å². The summed E-state index contributed by atoms with van der Waals surface area (Å²) in [7, 11) is 1.83. The molecule has 2 aromatic heterocycles. The Bertz CT molecular complexity index is 2700. The molecule has 74 heavy (non-hydrogen) atoms. The summed E-state index contributed by atoms with van der Waals surface area (Å²) >= 11 is 0. The normalized spacial score (nSPS) is 23.1. The van der Waals surface area contributed by atoms with Gasteiger partial charge in [0.2, 0.25) is 41.4 Å². The SMILES string of the molecule is NC(=O)[C@@H]1CSSC[C@H](N2C(=O)CNC2=O)C(=O)NC(CCC(=O)O)C(=O)N[C@@H](Cc2cnc[nH]2)C(=O)N[C@H](Cc2ccccc2)C(=O)N[C@@H](CCCN=C(N)N)C(=O)NC(Cc2c[nH]c3ccccc23)C(=O)N1. The van der Waals surface area contributed by atoms with E-state index < -0.39 is 121 Å². The number of para-hydroxylation sites is 1. The Morgan fingerprint density at radius 2 is 1.28 bits per heavy atom. The van der Waals surface area contributed by atoms with Gasteiger partial charge in [0.25, 0.3) is 5.91 Å². The van der Waals surface area contributed by atoms with Crippen LogP contribution in [0.1, 0.15) is 42.5 Å². The zero-order valence-electron chi connectivity index (χ0n) is 39.7. The number of hydrogen-bond donors (Lipinski definition) is 13. The summed E-state index contributed by atoms with van der Waals surface area (Å²) in [6.45, 7) is -0.422. The molecule has 2 fully saturated rings. The van der Waals surface area contributed by atoms with E-state index >= 15 is 0 Å². The lowest BCUT2D eigenvalue weighted by Crippen LogP contribution is -2.61. The van der Waals surface area contributed by atoms with E-state index in [9.17, 15) is 53.1 Å². The van der Waals surface area contributed by atoms with Crippen molar-refractivity contribution in [2.75, 3.05) is 24.6 Å². The molecule has 7 atom stereocenters. The maximum absolute atomic E-state index is 14.6. The number of carboxylic acids is 1. The number of carboxylic acid groups (broad SMARTS) is 1. The third-order valence-electron chi connectivity index (χ3n) is 11.8. The molecule has 0 saturated carbocycles. The number of imidazole rings is 1. The highest BCUT2D eigenvalue weighted by atomic mass is 33.1. The van der Waals surface area contributed by atoms with Gasteiger partial charge in [0.1, 0.15) is 42.3 Å². The second kappa shape index (κ2) is 26.5. The molecule has 26 nitrogen and oxygen atoms in total. The van der Waals surface area contributed by atoms with Crippen LogP contribution in [-0.2, 0) is 62.4 Å².